The summed E-state index contributed by atoms with van der Waals surface area (Å²) in [6.07, 6.45) is 0.720. The lowest BCUT2D eigenvalue weighted by atomic mass is 10.2. The van der Waals surface area contributed by atoms with Crippen LogP contribution in [0.25, 0.3) is 0 Å². The number of hydrogen-bond acceptors (Lipinski definition) is 4. The molecule has 2 aromatic rings. The first-order valence-corrected chi connectivity index (χ1v) is 6.68. The van der Waals surface area contributed by atoms with Gasteiger partial charge in [0.2, 0.25) is 0 Å². The van der Waals surface area contributed by atoms with Crippen molar-refractivity contribution < 1.29 is 4.79 Å². The number of aryl methyl sites for hydroxylation is 2. The Morgan fingerprint density at radius 3 is 2.94 bits per heavy atom. The first kappa shape index (κ1) is 12.6. The van der Waals surface area contributed by atoms with Crippen LogP contribution in [0.5, 0.6) is 0 Å². The fraction of sp³-hybridized carbons (Fsp3) is 0.333. The highest BCUT2D eigenvalue weighted by Gasteiger charge is 2.18. The van der Waals surface area contributed by atoms with Crippen molar-refractivity contribution in [1.29, 1.82) is 0 Å². The number of nitrogens with one attached hydrogen (secondary N) is 1. The van der Waals surface area contributed by atoms with E-state index in [-0.39, 0.29) is 5.91 Å². The van der Waals surface area contributed by atoms with Gasteiger partial charge in [0.15, 0.2) is 0 Å². The lowest BCUT2D eigenvalue weighted by Gasteiger charge is -2.05. The maximum absolute atomic E-state index is 12.1. The fourth-order valence-electron chi connectivity index (χ4n) is 1.79. The Hall–Kier alpha value is -1.82. The van der Waals surface area contributed by atoms with E-state index in [1.807, 2.05) is 23.8 Å². The molecule has 0 fully saturated rings. The molecule has 0 aromatic carbocycles. The second-order valence-electron chi connectivity index (χ2n) is 4.00. The Morgan fingerprint density at radius 1 is 1.61 bits per heavy atom. The summed E-state index contributed by atoms with van der Waals surface area (Å²) < 4.78 is 1.54. The van der Waals surface area contributed by atoms with E-state index in [9.17, 15) is 4.79 Å². The minimum Gasteiger partial charge on any atom is -0.395 e. The van der Waals surface area contributed by atoms with E-state index < -0.39 is 0 Å². The van der Waals surface area contributed by atoms with Crippen molar-refractivity contribution >= 4 is 22.9 Å². The highest BCUT2D eigenvalue weighted by atomic mass is 32.1. The first-order valence-electron chi connectivity index (χ1n) is 5.74. The van der Waals surface area contributed by atoms with Gasteiger partial charge in [0.1, 0.15) is 5.69 Å². The molecule has 0 bridgehead atoms. The number of rotatable bonds is 4. The van der Waals surface area contributed by atoms with Crippen molar-refractivity contribution in [3.63, 3.8) is 0 Å². The van der Waals surface area contributed by atoms with Crippen molar-refractivity contribution in [3.05, 3.63) is 33.8 Å². The third-order valence-corrected chi connectivity index (χ3v) is 3.48. The van der Waals surface area contributed by atoms with Gasteiger partial charge in [-0.3, -0.25) is 9.48 Å². The number of anilines is 1. The van der Waals surface area contributed by atoms with Gasteiger partial charge >= 0.3 is 0 Å². The SMILES string of the molecule is CCc1nn(C)c(C(=O)NCc2ccsc2)c1N. The topological polar surface area (TPSA) is 72.9 Å². The van der Waals surface area contributed by atoms with Crippen molar-refractivity contribution in [2.24, 2.45) is 7.05 Å². The maximum Gasteiger partial charge on any atom is 0.271 e. The molecular weight excluding hydrogens is 248 g/mol. The molecule has 0 aliphatic heterocycles. The number of thiophene rings is 1. The molecule has 0 saturated heterocycles. The predicted molar refractivity (Wildman–Crippen MR) is 72.5 cm³/mol. The Morgan fingerprint density at radius 2 is 2.39 bits per heavy atom. The summed E-state index contributed by atoms with van der Waals surface area (Å²) in [6.45, 7) is 2.47. The number of aromatic nitrogens is 2. The molecule has 0 atom stereocenters. The molecule has 0 saturated carbocycles. The molecule has 0 unspecified atom stereocenters. The fourth-order valence-corrected chi connectivity index (χ4v) is 2.45. The van der Waals surface area contributed by atoms with Gasteiger partial charge in [-0.2, -0.15) is 16.4 Å². The van der Waals surface area contributed by atoms with Crippen LogP contribution in [0.4, 0.5) is 5.69 Å². The van der Waals surface area contributed by atoms with Crippen LogP contribution in [0.1, 0.15) is 28.7 Å². The third-order valence-electron chi connectivity index (χ3n) is 2.74. The van der Waals surface area contributed by atoms with E-state index in [1.54, 1.807) is 18.4 Å². The van der Waals surface area contributed by atoms with Crippen LogP contribution in [0.2, 0.25) is 0 Å². The van der Waals surface area contributed by atoms with Gasteiger partial charge in [-0.1, -0.05) is 6.92 Å². The standard InChI is InChI=1S/C12H16N4OS/c1-3-9-10(13)11(16(2)15-9)12(17)14-6-8-4-5-18-7-8/h4-5,7H,3,6,13H2,1-2H3,(H,14,17). The van der Waals surface area contributed by atoms with Crippen LogP contribution in [-0.2, 0) is 20.0 Å². The number of nitrogens with zero attached hydrogens (tertiary/aromatic N) is 2. The van der Waals surface area contributed by atoms with E-state index in [0.29, 0.717) is 17.9 Å². The zero-order valence-electron chi connectivity index (χ0n) is 10.4. The molecule has 2 aromatic heterocycles. The second-order valence-corrected chi connectivity index (χ2v) is 4.78. The average Bonchev–Trinajstić information content (AvgIpc) is 2.94. The van der Waals surface area contributed by atoms with Crippen LogP contribution in [0.15, 0.2) is 16.8 Å². The monoisotopic (exact) mass is 264 g/mol. The quantitative estimate of drug-likeness (QED) is 0.880. The predicted octanol–water partition coefficient (Wildman–Crippen LogP) is 1.56. The highest BCUT2D eigenvalue weighted by molar-refractivity contribution is 7.07. The van der Waals surface area contributed by atoms with Gasteiger partial charge < -0.3 is 11.1 Å². The Kier molecular flexibility index (Phi) is 3.66. The van der Waals surface area contributed by atoms with Gasteiger partial charge in [-0.15, -0.1) is 0 Å². The summed E-state index contributed by atoms with van der Waals surface area (Å²) in [5.41, 5.74) is 8.68. The summed E-state index contributed by atoms with van der Waals surface area (Å²) in [6, 6.07) is 1.98. The summed E-state index contributed by atoms with van der Waals surface area (Å²) in [4.78, 5) is 12.1. The minimum absolute atomic E-state index is 0.187. The molecule has 6 heteroatoms. The average molecular weight is 264 g/mol. The molecule has 2 heterocycles. The molecule has 0 radical (unpaired) electrons. The molecule has 0 aliphatic rings. The van der Waals surface area contributed by atoms with E-state index in [0.717, 1.165) is 17.7 Å². The van der Waals surface area contributed by atoms with Crippen molar-refractivity contribution in [1.82, 2.24) is 15.1 Å². The molecule has 1 amide bonds. The van der Waals surface area contributed by atoms with E-state index in [1.165, 1.54) is 4.68 Å². The highest BCUT2D eigenvalue weighted by Crippen LogP contribution is 2.17. The zero-order chi connectivity index (χ0) is 13.1. The second kappa shape index (κ2) is 5.22. The normalized spacial score (nSPS) is 10.6. The summed E-state index contributed by atoms with van der Waals surface area (Å²) in [7, 11) is 1.73. The van der Waals surface area contributed by atoms with Crippen LogP contribution >= 0.6 is 11.3 Å². The molecule has 0 aliphatic carbocycles. The van der Waals surface area contributed by atoms with Crippen molar-refractivity contribution in [3.8, 4) is 0 Å². The molecule has 0 spiro atoms. The number of carbonyl (C=O) groups excluding carboxylic acids is 1. The van der Waals surface area contributed by atoms with Crippen molar-refractivity contribution in [2.75, 3.05) is 5.73 Å². The number of amides is 1. The number of nitrogens with two attached hydrogens (primary N) is 1. The van der Waals surface area contributed by atoms with E-state index in [2.05, 4.69) is 10.4 Å². The Bertz CT molecular complexity index is 545. The van der Waals surface area contributed by atoms with Gasteiger partial charge in [0.25, 0.3) is 5.91 Å². The smallest absolute Gasteiger partial charge is 0.271 e. The zero-order valence-corrected chi connectivity index (χ0v) is 11.3. The maximum atomic E-state index is 12.1. The minimum atomic E-state index is -0.187. The summed E-state index contributed by atoms with van der Waals surface area (Å²) in [5.74, 6) is -0.187. The molecular formula is C12H16N4OS. The van der Waals surface area contributed by atoms with Crippen molar-refractivity contribution in [2.45, 2.75) is 19.9 Å². The van der Waals surface area contributed by atoms with Gasteiger partial charge in [0, 0.05) is 13.6 Å². The summed E-state index contributed by atoms with van der Waals surface area (Å²) in [5, 5.41) is 11.1. The number of nitrogen functional groups attached to an aromatic ring is 1. The van der Waals surface area contributed by atoms with E-state index in [4.69, 9.17) is 5.73 Å². The van der Waals surface area contributed by atoms with E-state index >= 15 is 0 Å². The molecule has 96 valence electrons. The Balaban J connectivity index is 2.11. The van der Waals surface area contributed by atoms with Gasteiger partial charge in [0.05, 0.1) is 11.4 Å². The lowest BCUT2D eigenvalue weighted by Crippen LogP contribution is -2.25. The van der Waals surface area contributed by atoms with Crippen LogP contribution in [0.3, 0.4) is 0 Å². The molecule has 5 nitrogen and oxygen atoms in total. The number of hydrogen-bond donors (Lipinski definition) is 2. The lowest BCUT2D eigenvalue weighted by molar-refractivity contribution is 0.0942. The van der Waals surface area contributed by atoms with Gasteiger partial charge in [-0.25, -0.2) is 0 Å². The summed E-state index contributed by atoms with van der Waals surface area (Å²) >= 11 is 1.61. The third kappa shape index (κ3) is 2.38. The molecule has 2 rings (SSSR count). The number of carbonyl (C=O) groups is 1. The van der Waals surface area contributed by atoms with Crippen LogP contribution in [0, 0.1) is 0 Å². The van der Waals surface area contributed by atoms with Crippen LogP contribution in [-0.4, -0.2) is 15.7 Å². The first-order chi connectivity index (χ1) is 8.63. The van der Waals surface area contributed by atoms with Crippen LogP contribution < -0.4 is 11.1 Å². The Labute approximate surface area is 110 Å². The molecule has 3 N–H and O–H groups in total. The molecule has 18 heavy (non-hydrogen) atoms. The largest absolute Gasteiger partial charge is 0.395 e. The van der Waals surface area contributed by atoms with Gasteiger partial charge in [-0.05, 0) is 28.8 Å².